The zero-order valence-electron chi connectivity index (χ0n) is 12.8. The van der Waals surface area contributed by atoms with E-state index in [1.807, 2.05) is 6.92 Å². The molecule has 0 aromatic carbocycles. The number of aliphatic hydroxyl groups excluding tert-OH is 2. The van der Waals surface area contributed by atoms with Gasteiger partial charge in [0.25, 0.3) is 5.91 Å². The second kappa shape index (κ2) is 5.98. The van der Waals surface area contributed by atoms with E-state index in [0.717, 1.165) is 18.5 Å². The molecule has 7 nitrogen and oxygen atoms in total. The Kier molecular flexibility index (Phi) is 4.20. The van der Waals surface area contributed by atoms with Crippen molar-refractivity contribution in [1.29, 1.82) is 0 Å². The van der Waals surface area contributed by atoms with Crippen molar-refractivity contribution in [3.05, 3.63) is 17.5 Å². The number of carbonyl (C=O) groups is 1. The number of aryl methyl sites for hydroxylation is 1. The largest absolute Gasteiger partial charge is 0.394 e. The number of carbonyl (C=O) groups excluding carboxylic acids is 1. The quantitative estimate of drug-likeness (QED) is 0.732. The fourth-order valence-corrected chi connectivity index (χ4v) is 3.63. The second-order valence-electron chi connectivity index (χ2n) is 6.30. The third-order valence-corrected chi connectivity index (χ3v) is 5.06. The third kappa shape index (κ3) is 2.53. The number of likely N-dealkylation sites (tertiary alicyclic amines) is 1. The molecule has 1 spiro atoms. The molecule has 1 saturated carbocycles. The van der Waals surface area contributed by atoms with Crippen molar-refractivity contribution in [2.75, 3.05) is 26.3 Å². The van der Waals surface area contributed by atoms with E-state index in [2.05, 4.69) is 10.2 Å². The average Bonchev–Trinajstić information content (AvgIpc) is 2.97. The standard InChI is InChI=1S/C15H23N3O4/c1-10-8-11(17-16-10)14(21)18-4-2-15(3-5-18)12(20)9-13(15)22-7-6-19/h8,12-13,19-20H,2-7,9H2,1H3,(H,16,17)/t12-,13+/m1/s1. The lowest BCUT2D eigenvalue weighted by Crippen LogP contribution is -2.62. The Morgan fingerprint density at radius 3 is 2.82 bits per heavy atom. The molecule has 1 aromatic heterocycles. The van der Waals surface area contributed by atoms with E-state index >= 15 is 0 Å². The molecule has 3 rings (SSSR count). The van der Waals surface area contributed by atoms with Gasteiger partial charge in [-0.15, -0.1) is 0 Å². The average molecular weight is 309 g/mol. The van der Waals surface area contributed by atoms with Crippen LogP contribution in [-0.4, -0.2) is 69.7 Å². The van der Waals surface area contributed by atoms with Crippen LogP contribution in [0.1, 0.15) is 35.4 Å². The number of nitrogens with one attached hydrogen (secondary N) is 1. The first-order valence-electron chi connectivity index (χ1n) is 7.78. The summed E-state index contributed by atoms with van der Waals surface area (Å²) < 4.78 is 5.64. The van der Waals surface area contributed by atoms with Crippen molar-refractivity contribution in [3.63, 3.8) is 0 Å². The summed E-state index contributed by atoms with van der Waals surface area (Å²) in [6.07, 6.45) is 1.67. The van der Waals surface area contributed by atoms with Crippen molar-refractivity contribution in [2.45, 2.75) is 38.4 Å². The summed E-state index contributed by atoms with van der Waals surface area (Å²) in [5.41, 5.74) is 1.05. The predicted molar refractivity (Wildman–Crippen MR) is 78.3 cm³/mol. The summed E-state index contributed by atoms with van der Waals surface area (Å²) in [4.78, 5) is 14.2. The van der Waals surface area contributed by atoms with Crippen molar-refractivity contribution in [1.82, 2.24) is 15.1 Å². The summed E-state index contributed by atoms with van der Waals surface area (Å²) in [7, 11) is 0. The lowest BCUT2D eigenvalue weighted by Gasteiger charge is -2.56. The maximum absolute atomic E-state index is 12.4. The highest BCUT2D eigenvalue weighted by molar-refractivity contribution is 5.92. The molecule has 7 heteroatoms. The van der Waals surface area contributed by atoms with Gasteiger partial charge in [0.1, 0.15) is 5.69 Å². The van der Waals surface area contributed by atoms with E-state index in [-0.39, 0.29) is 30.1 Å². The van der Waals surface area contributed by atoms with Crippen LogP contribution in [0.15, 0.2) is 6.07 Å². The number of H-pyrrole nitrogens is 1. The van der Waals surface area contributed by atoms with Gasteiger partial charge in [-0.25, -0.2) is 0 Å². The predicted octanol–water partition coefficient (Wildman–Crippen LogP) is 0.0826. The number of ether oxygens (including phenoxy) is 1. The number of rotatable bonds is 4. The fourth-order valence-electron chi connectivity index (χ4n) is 3.63. The molecule has 3 N–H and O–H groups in total. The molecular weight excluding hydrogens is 286 g/mol. The minimum atomic E-state index is -0.374. The minimum absolute atomic E-state index is 0.00814. The molecule has 2 fully saturated rings. The Morgan fingerprint density at radius 2 is 2.27 bits per heavy atom. The number of hydrogen-bond donors (Lipinski definition) is 3. The van der Waals surface area contributed by atoms with Crippen LogP contribution in [0.25, 0.3) is 0 Å². The van der Waals surface area contributed by atoms with Crippen molar-refractivity contribution in [2.24, 2.45) is 5.41 Å². The van der Waals surface area contributed by atoms with Crippen molar-refractivity contribution in [3.8, 4) is 0 Å². The monoisotopic (exact) mass is 309 g/mol. The van der Waals surface area contributed by atoms with Crippen molar-refractivity contribution < 1.29 is 19.7 Å². The van der Waals surface area contributed by atoms with Gasteiger partial charge in [-0.05, 0) is 25.8 Å². The Morgan fingerprint density at radius 1 is 1.55 bits per heavy atom. The van der Waals surface area contributed by atoms with Gasteiger partial charge in [0.2, 0.25) is 0 Å². The highest BCUT2D eigenvalue weighted by Gasteiger charge is 2.56. The number of piperidine rings is 1. The SMILES string of the molecule is Cc1cc(C(=O)N2CCC3(CC2)[C@H](O)C[C@@H]3OCCO)n[nH]1. The molecule has 1 saturated heterocycles. The molecule has 1 aliphatic heterocycles. The van der Waals surface area contributed by atoms with Gasteiger partial charge >= 0.3 is 0 Å². The number of aromatic amines is 1. The zero-order valence-corrected chi connectivity index (χ0v) is 12.8. The van der Waals surface area contributed by atoms with E-state index < -0.39 is 0 Å². The van der Waals surface area contributed by atoms with Gasteiger partial charge in [0, 0.05) is 30.6 Å². The molecule has 0 bridgehead atoms. The van der Waals surface area contributed by atoms with Crippen LogP contribution in [0, 0.1) is 12.3 Å². The minimum Gasteiger partial charge on any atom is -0.394 e. The van der Waals surface area contributed by atoms with Crippen LogP contribution in [-0.2, 0) is 4.74 Å². The Labute approximate surface area is 129 Å². The van der Waals surface area contributed by atoms with Crippen LogP contribution >= 0.6 is 0 Å². The zero-order chi connectivity index (χ0) is 15.7. The first-order chi connectivity index (χ1) is 10.6. The number of aromatic nitrogens is 2. The smallest absolute Gasteiger partial charge is 0.274 e. The van der Waals surface area contributed by atoms with Crippen LogP contribution < -0.4 is 0 Å². The molecule has 1 aliphatic carbocycles. The number of nitrogens with zero attached hydrogens (tertiary/aromatic N) is 2. The van der Waals surface area contributed by atoms with Gasteiger partial charge in [-0.3, -0.25) is 9.89 Å². The topological polar surface area (TPSA) is 98.7 Å². The van der Waals surface area contributed by atoms with Crippen LogP contribution in [0.3, 0.4) is 0 Å². The normalized spacial score (nSPS) is 27.0. The van der Waals surface area contributed by atoms with Gasteiger partial charge < -0.3 is 19.8 Å². The van der Waals surface area contributed by atoms with E-state index in [1.165, 1.54) is 0 Å². The summed E-state index contributed by atoms with van der Waals surface area (Å²) in [5.74, 6) is -0.0687. The Balaban J connectivity index is 1.61. The number of aliphatic hydroxyl groups is 2. The van der Waals surface area contributed by atoms with Crippen LogP contribution in [0.5, 0.6) is 0 Å². The maximum Gasteiger partial charge on any atom is 0.274 e. The highest BCUT2D eigenvalue weighted by Crippen LogP contribution is 2.51. The van der Waals surface area contributed by atoms with Gasteiger partial charge in [0.05, 0.1) is 25.4 Å². The van der Waals surface area contributed by atoms with E-state index in [4.69, 9.17) is 9.84 Å². The molecular formula is C15H23N3O4. The summed E-state index contributed by atoms with van der Waals surface area (Å²) >= 11 is 0. The molecule has 2 atom stereocenters. The highest BCUT2D eigenvalue weighted by atomic mass is 16.5. The van der Waals surface area contributed by atoms with E-state index in [0.29, 0.717) is 31.8 Å². The van der Waals surface area contributed by atoms with E-state index in [1.54, 1.807) is 11.0 Å². The molecule has 1 aromatic rings. The maximum atomic E-state index is 12.4. The first-order valence-corrected chi connectivity index (χ1v) is 7.78. The number of amides is 1. The lowest BCUT2D eigenvalue weighted by molar-refractivity contribution is -0.211. The van der Waals surface area contributed by atoms with E-state index in [9.17, 15) is 9.90 Å². The molecule has 2 heterocycles. The summed E-state index contributed by atoms with van der Waals surface area (Å²) in [6.45, 7) is 3.35. The third-order valence-electron chi connectivity index (χ3n) is 5.06. The molecule has 0 radical (unpaired) electrons. The molecule has 22 heavy (non-hydrogen) atoms. The van der Waals surface area contributed by atoms with Crippen LogP contribution in [0.2, 0.25) is 0 Å². The molecule has 2 aliphatic rings. The molecule has 0 unspecified atom stereocenters. The number of hydrogen-bond acceptors (Lipinski definition) is 5. The first kappa shape index (κ1) is 15.5. The lowest BCUT2D eigenvalue weighted by atomic mass is 9.58. The summed E-state index contributed by atoms with van der Waals surface area (Å²) in [6, 6.07) is 1.75. The summed E-state index contributed by atoms with van der Waals surface area (Å²) in [5, 5.41) is 25.9. The van der Waals surface area contributed by atoms with Crippen molar-refractivity contribution >= 4 is 5.91 Å². The Hall–Kier alpha value is -1.44. The fraction of sp³-hybridized carbons (Fsp3) is 0.733. The Bertz CT molecular complexity index is 537. The van der Waals surface area contributed by atoms with Gasteiger partial charge in [0.15, 0.2) is 0 Å². The van der Waals surface area contributed by atoms with Gasteiger partial charge in [-0.1, -0.05) is 0 Å². The van der Waals surface area contributed by atoms with Gasteiger partial charge in [-0.2, -0.15) is 5.10 Å². The van der Waals surface area contributed by atoms with Crippen LogP contribution in [0.4, 0.5) is 0 Å². The molecule has 1 amide bonds. The molecule has 122 valence electrons. The second-order valence-corrected chi connectivity index (χ2v) is 6.30.